The number of hydrogen-bond acceptors (Lipinski definition) is 7. The third-order valence-electron chi connectivity index (χ3n) is 3.14. The molecule has 2 aromatic heterocycles. The first-order chi connectivity index (χ1) is 11.8. The molecule has 10 heteroatoms. The molecule has 2 aromatic rings. The summed E-state index contributed by atoms with van der Waals surface area (Å²) in [5.74, 6) is 2.77. The SMILES string of the molecule is CN(C)Cc1ccc(CSCCNC(=O)c2cscc2S(N)(=O)=O)o1. The molecule has 0 aliphatic carbocycles. The molecule has 0 radical (unpaired) electrons. The predicted molar refractivity (Wildman–Crippen MR) is 100 cm³/mol. The number of nitrogens with two attached hydrogens (primary N) is 1. The van der Waals surface area contributed by atoms with Gasteiger partial charge in [0.1, 0.15) is 16.4 Å². The number of hydrogen-bond donors (Lipinski definition) is 2. The second-order valence-corrected chi connectivity index (χ2v) is 8.99. The molecule has 0 aliphatic rings. The molecule has 0 fully saturated rings. The lowest BCUT2D eigenvalue weighted by molar-refractivity contribution is 0.0953. The van der Waals surface area contributed by atoms with Crippen molar-refractivity contribution in [2.45, 2.75) is 17.2 Å². The van der Waals surface area contributed by atoms with Gasteiger partial charge in [-0.2, -0.15) is 23.1 Å². The van der Waals surface area contributed by atoms with E-state index in [0.717, 1.165) is 29.4 Å². The van der Waals surface area contributed by atoms with E-state index in [9.17, 15) is 13.2 Å². The van der Waals surface area contributed by atoms with Crippen molar-refractivity contribution in [3.05, 3.63) is 40.0 Å². The highest BCUT2D eigenvalue weighted by atomic mass is 32.2. The minimum atomic E-state index is -3.88. The Bertz CT molecular complexity index is 812. The van der Waals surface area contributed by atoms with Crippen LogP contribution < -0.4 is 10.5 Å². The lowest BCUT2D eigenvalue weighted by atomic mass is 10.3. The van der Waals surface area contributed by atoms with Crippen molar-refractivity contribution in [2.24, 2.45) is 5.14 Å². The topological polar surface area (TPSA) is 106 Å². The molecule has 25 heavy (non-hydrogen) atoms. The van der Waals surface area contributed by atoms with Crippen LogP contribution >= 0.6 is 23.1 Å². The zero-order valence-corrected chi connectivity index (χ0v) is 16.5. The monoisotopic (exact) mass is 403 g/mol. The number of amides is 1. The number of nitrogens with zero attached hydrogens (tertiary/aromatic N) is 1. The van der Waals surface area contributed by atoms with E-state index >= 15 is 0 Å². The van der Waals surface area contributed by atoms with Crippen LogP contribution in [0.25, 0.3) is 0 Å². The standard InChI is InChI=1S/C15H21N3O4S3/c1-18(2)7-11-3-4-12(22-11)8-23-6-5-17-15(19)13-9-24-10-14(13)25(16,20)21/h3-4,9-10H,5-8H2,1-2H3,(H,17,19)(H2,16,20,21). The van der Waals surface area contributed by atoms with E-state index in [4.69, 9.17) is 9.56 Å². The number of thiophene rings is 1. The number of nitrogens with one attached hydrogen (secondary N) is 1. The van der Waals surface area contributed by atoms with Crippen molar-refractivity contribution in [1.82, 2.24) is 10.2 Å². The van der Waals surface area contributed by atoms with Crippen molar-refractivity contribution in [3.63, 3.8) is 0 Å². The maximum absolute atomic E-state index is 12.1. The van der Waals surface area contributed by atoms with Gasteiger partial charge in [-0.25, -0.2) is 13.6 Å². The molecule has 0 unspecified atom stereocenters. The molecule has 0 aliphatic heterocycles. The van der Waals surface area contributed by atoms with Crippen LogP contribution in [0.15, 0.2) is 32.2 Å². The van der Waals surface area contributed by atoms with Crippen LogP contribution in [0.4, 0.5) is 0 Å². The molecule has 0 saturated carbocycles. The highest BCUT2D eigenvalue weighted by Crippen LogP contribution is 2.19. The Morgan fingerprint density at radius 1 is 1.32 bits per heavy atom. The fourth-order valence-electron chi connectivity index (χ4n) is 2.07. The zero-order chi connectivity index (χ0) is 18.4. The Morgan fingerprint density at radius 3 is 2.72 bits per heavy atom. The van der Waals surface area contributed by atoms with Crippen LogP contribution in [0, 0.1) is 0 Å². The van der Waals surface area contributed by atoms with Crippen LogP contribution in [-0.2, 0) is 22.3 Å². The molecule has 0 spiro atoms. The summed E-state index contributed by atoms with van der Waals surface area (Å²) in [7, 11) is 0.0768. The molecule has 0 atom stereocenters. The van der Waals surface area contributed by atoms with E-state index in [0.29, 0.717) is 18.1 Å². The number of thioether (sulfide) groups is 1. The lowest BCUT2D eigenvalue weighted by Gasteiger charge is -2.06. The molecule has 1 amide bonds. The summed E-state index contributed by atoms with van der Waals surface area (Å²) in [6.07, 6.45) is 0. The fraction of sp³-hybridized carbons (Fsp3) is 0.400. The third-order valence-corrected chi connectivity index (χ3v) is 5.97. The van der Waals surface area contributed by atoms with Crippen LogP contribution in [0.2, 0.25) is 0 Å². The average Bonchev–Trinajstić information content (AvgIpc) is 3.14. The van der Waals surface area contributed by atoms with Gasteiger partial charge in [0.15, 0.2) is 0 Å². The molecule has 3 N–H and O–H groups in total. The minimum Gasteiger partial charge on any atom is -0.464 e. The predicted octanol–water partition coefficient (Wildman–Crippen LogP) is 1.71. The van der Waals surface area contributed by atoms with Crippen LogP contribution in [0.1, 0.15) is 21.9 Å². The van der Waals surface area contributed by atoms with Crippen LogP contribution in [0.3, 0.4) is 0 Å². The highest BCUT2D eigenvalue weighted by molar-refractivity contribution is 7.98. The largest absolute Gasteiger partial charge is 0.464 e. The Kier molecular flexibility index (Phi) is 7.08. The van der Waals surface area contributed by atoms with Gasteiger partial charge < -0.3 is 14.6 Å². The van der Waals surface area contributed by atoms with Gasteiger partial charge in [-0.15, -0.1) is 0 Å². The van der Waals surface area contributed by atoms with Crippen LogP contribution in [-0.4, -0.2) is 45.6 Å². The van der Waals surface area contributed by atoms with E-state index in [2.05, 4.69) is 5.32 Å². The van der Waals surface area contributed by atoms with Crippen molar-refractivity contribution in [3.8, 4) is 0 Å². The number of sulfonamides is 1. The second kappa shape index (κ2) is 8.86. The first-order valence-electron chi connectivity index (χ1n) is 7.44. The summed E-state index contributed by atoms with van der Waals surface area (Å²) >= 11 is 2.75. The Morgan fingerprint density at radius 2 is 2.04 bits per heavy atom. The molecule has 0 bridgehead atoms. The van der Waals surface area contributed by atoms with Crippen LogP contribution in [0.5, 0.6) is 0 Å². The van der Waals surface area contributed by atoms with Crippen molar-refractivity contribution >= 4 is 39.0 Å². The molecular weight excluding hydrogens is 382 g/mol. The van der Waals surface area contributed by atoms with Gasteiger partial charge >= 0.3 is 0 Å². The van der Waals surface area contributed by atoms with Crippen molar-refractivity contribution in [1.29, 1.82) is 0 Å². The van der Waals surface area contributed by atoms with Gasteiger partial charge in [0.05, 0.1) is 17.9 Å². The normalized spacial score (nSPS) is 11.8. The lowest BCUT2D eigenvalue weighted by Crippen LogP contribution is -2.27. The van der Waals surface area contributed by atoms with Crippen molar-refractivity contribution in [2.75, 3.05) is 26.4 Å². The molecule has 0 aromatic carbocycles. The Labute approximate surface area is 155 Å². The van der Waals surface area contributed by atoms with Gasteiger partial charge in [-0.3, -0.25) is 4.79 Å². The first kappa shape index (κ1) is 20.0. The quantitative estimate of drug-likeness (QED) is 0.618. The first-order valence-corrected chi connectivity index (χ1v) is 11.1. The molecule has 7 nitrogen and oxygen atoms in total. The van der Waals surface area contributed by atoms with Gasteiger partial charge in [0.25, 0.3) is 5.91 Å². The van der Waals surface area contributed by atoms with E-state index in [1.54, 1.807) is 11.8 Å². The molecule has 2 rings (SSSR count). The maximum atomic E-state index is 12.1. The number of furan rings is 1. The van der Waals surface area contributed by atoms with Gasteiger partial charge in [0, 0.05) is 23.1 Å². The van der Waals surface area contributed by atoms with Gasteiger partial charge in [-0.1, -0.05) is 0 Å². The number of primary sulfonamides is 1. The number of carbonyl (C=O) groups is 1. The summed E-state index contributed by atoms with van der Waals surface area (Å²) in [5.41, 5.74) is 0.0943. The van der Waals surface area contributed by atoms with E-state index < -0.39 is 15.9 Å². The second-order valence-electron chi connectivity index (χ2n) is 5.61. The number of carbonyl (C=O) groups excluding carboxylic acids is 1. The summed E-state index contributed by atoms with van der Waals surface area (Å²) in [6, 6.07) is 3.91. The summed E-state index contributed by atoms with van der Waals surface area (Å²) in [5, 5.41) is 10.6. The maximum Gasteiger partial charge on any atom is 0.253 e. The van der Waals surface area contributed by atoms with E-state index in [-0.39, 0.29) is 10.5 Å². The molecule has 138 valence electrons. The fourth-order valence-corrected chi connectivity index (χ4v) is 4.74. The highest BCUT2D eigenvalue weighted by Gasteiger charge is 2.20. The zero-order valence-electron chi connectivity index (χ0n) is 14.0. The minimum absolute atomic E-state index is 0.0943. The Hall–Kier alpha value is -1.33. The van der Waals surface area contributed by atoms with E-state index in [1.807, 2.05) is 31.1 Å². The van der Waals surface area contributed by atoms with Crippen molar-refractivity contribution < 1.29 is 17.6 Å². The summed E-state index contributed by atoms with van der Waals surface area (Å²) in [4.78, 5) is 14.0. The molecule has 2 heterocycles. The molecule has 0 saturated heterocycles. The smallest absolute Gasteiger partial charge is 0.253 e. The summed E-state index contributed by atoms with van der Waals surface area (Å²) < 4.78 is 28.5. The molecular formula is C15H21N3O4S3. The number of rotatable bonds is 9. The third kappa shape index (κ3) is 6.15. The van der Waals surface area contributed by atoms with Gasteiger partial charge in [0.2, 0.25) is 10.0 Å². The van der Waals surface area contributed by atoms with E-state index in [1.165, 1.54) is 10.8 Å². The van der Waals surface area contributed by atoms with Gasteiger partial charge in [-0.05, 0) is 26.2 Å². The summed E-state index contributed by atoms with van der Waals surface area (Å²) in [6.45, 7) is 1.18. The average molecular weight is 404 g/mol. The Balaban J connectivity index is 1.74.